The molecule has 2 rings (SSSR count). The molecular weight excluding hydrogens is 318 g/mol. The van der Waals surface area contributed by atoms with Crippen molar-refractivity contribution in [2.24, 2.45) is 0 Å². The van der Waals surface area contributed by atoms with E-state index in [0.29, 0.717) is 29.2 Å². The summed E-state index contributed by atoms with van der Waals surface area (Å²) < 4.78 is 5.49. The molecular formula is C10H10BrN5O3. The summed E-state index contributed by atoms with van der Waals surface area (Å²) in [7, 11) is 0. The molecule has 0 bridgehead atoms. The molecule has 9 heteroatoms. The van der Waals surface area contributed by atoms with Gasteiger partial charge in [-0.2, -0.15) is 4.98 Å². The maximum atomic E-state index is 10.9. The number of anilines is 1. The van der Waals surface area contributed by atoms with Gasteiger partial charge in [0, 0.05) is 29.7 Å². The number of nitro groups is 1. The molecule has 100 valence electrons. The first-order valence-corrected chi connectivity index (χ1v) is 6.18. The Labute approximate surface area is 116 Å². The molecule has 8 nitrogen and oxygen atoms in total. The van der Waals surface area contributed by atoms with E-state index in [2.05, 4.69) is 36.4 Å². The van der Waals surface area contributed by atoms with Gasteiger partial charge in [0.15, 0.2) is 5.82 Å². The first kappa shape index (κ1) is 13.4. The summed E-state index contributed by atoms with van der Waals surface area (Å²) in [4.78, 5) is 18.4. The molecule has 0 spiro atoms. The third-order valence-corrected chi connectivity index (χ3v) is 2.67. The second-order valence-electron chi connectivity index (χ2n) is 3.69. The van der Waals surface area contributed by atoms with Crippen LogP contribution < -0.4 is 5.32 Å². The van der Waals surface area contributed by atoms with E-state index in [1.165, 1.54) is 12.3 Å². The Morgan fingerprint density at radius 2 is 2.37 bits per heavy atom. The van der Waals surface area contributed by atoms with Crippen LogP contribution in [0.25, 0.3) is 0 Å². The third-order valence-electron chi connectivity index (χ3n) is 2.23. The average molecular weight is 328 g/mol. The molecule has 0 saturated carbocycles. The van der Waals surface area contributed by atoms with E-state index < -0.39 is 4.92 Å². The minimum atomic E-state index is -0.489. The Kier molecular flexibility index (Phi) is 4.05. The molecule has 0 saturated heterocycles. The molecule has 0 radical (unpaired) electrons. The van der Waals surface area contributed by atoms with Crippen LogP contribution in [0.3, 0.4) is 0 Å². The first-order chi connectivity index (χ1) is 9.06. The maximum absolute atomic E-state index is 10.9. The van der Waals surface area contributed by atoms with Gasteiger partial charge in [0.1, 0.15) is 0 Å². The number of aryl methyl sites for hydroxylation is 1. The highest BCUT2D eigenvalue weighted by molar-refractivity contribution is 9.10. The van der Waals surface area contributed by atoms with Crippen molar-refractivity contribution in [2.75, 3.05) is 11.9 Å². The molecule has 19 heavy (non-hydrogen) atoms. The Bertz CT molecular complexity index is 601. The van der Waals surface area contributed by atoms with Gasteiger partial charge in [-0.15, -0.1) is 0 Å². The van der Waals surface area contributed by atoms with E-state index in [1.807, 2.05) is 0 Å². The molecule has 0 aliphatic carbocycles. The highest BCUT2D eigenvalue weighted by Gasteiger charge is 2.15. The zero-order chi connectivity index (χ0) is 13.8. The predicted molar refractivity (Wildman–Crippen MR) is 69.8 cm³/mol. The number of halogens is 1. The molecule has 2 heterocycles. The van der Waals surface area contributed by atoms with Crippen LogP contribution in [0.5, 0.6) is 0 Å². The van der Waals surface area contributed by atoms with Crippen molar-refractivity contribution in [1.29, 1.82) is 0 Å². The van der Waals surface area contributed by atoms with Gasteiger partial charge in [0.2, 0.25) is 11.7 Å². The van der Waals surface area contributed by atoms with Crippen molar-refractivity contribution < 1.29 is 9.45 Å². The summed E-state index contributed by atoms with van der Waals surface area (Å²) in [6, 6.07) is 1.40. The summed E-state index contributed by atoms with van der Waals surface area (Å²) in [5.74, 6) is 1.25. The molecule has 0 unspecified atom stereocenters. The fourth-order valence-corrected chi connectivity index (χ4v) is 1.75. The fraction of sp³-hybridized carbons (Fsp3) is 0.300. The SMILES string of the molecule is Cc1noc(CCNc2ncc(Br)cc2[N+](=O)[O-])n1. The van der Waals surface area contributed by atoms with Crippen LogP contribution >= 0.6 is 15.9 Å². The minimum absolute atomic E-state index is 0.0870. The minimum Gasteiger partial charge on any atom is -0.364 e. The molecule has 1 N–H and O–H groups in total. The van der Waals surface area contributed by atoms with Gasteiger partial charge in [0.25, 0.3) is 0 Å². The van der Waals surface area contributed by atoms with Crippen LogP contribution in [0, 0.1) is 17.0 Å². The van der Waals surface area contributed by atoms with E-state index in [0.717, 1.165) is 0 Å². The number of aromatic nitrogens is 3. The van der Waals surface area contributed by atoms with Crippen LogP contribution in [0.15, 0.2) is 21.3 Å². The molecule has 2 aromatic heterocycles. The summed E-state index contributed by atoms with van der Waals surface area (Å²) in [5.41, 5.74) is -0.0870. The lowest BCUT2D eigenvalue weighted by Gasteiger charge is -2.04. The quantitative estimate of drug-likeness (QED) is 0.661. The summed E-state index contributed by atoms with van der Waals surface area (Å²) in [6.07, 6.45) is 1.96. The van der Waals surface area contributed by atoms with Crippen molar-refractivity contribution in [3.05, 3.63) is 38.6 Å². The maximum Gasteiger partial charge on any atom is 0.312 e. The van der Waals surface area contributed by atoms with Gasteiger partial charge < -0.3 is 9.84 Å². The number of rotatable bonds is 5. The van der Waals surface area contributed by atoms with Crippen LogP contribution in [0.2, 0.25) is 0 Å². The molecule has 0 amide bonds. The summed E-state index contributed by atoms with van der Waals surface area (Å²) in [6.45, 7) is 2.14. The Balaban J connectivity index is 2.01. The Morgan fingerprint density at radius 1 is 1.58 bits per heavy atom. The first-order valence-electron chi connectivity index (χ1n) is 5.39. The van der Waals surface area contributed by atoms with Crippen molar-refractivity contribution in [3.63, 3.8) is 0 Å². The number of pyridine rings is 1. The van der Waals surface area contributed by atoms with Crippen LogP contribution in [-0.4, -0.2) is 26.6 Å². The molecule has 0 aliphatic rings. The number of nitrogens with one attached hydrogen (secondary N) is 1. The van der Waals surface area contributed by atoms with E-state index in [4.69, 9.17) is 4.52 Å². The van der Waals surface area contributed by atoms with Crippen LogP contribution in [0.1, 0.15) is 11.7 Å². The van der Waals surface area contributed by atoms with Crippen molar-refractivity contribution >= 4 is 27.4 Å². The Morgan fingerprint density at radius 3 is 3.00 bits per heavy atom. The molecule has 0 atom stereocenters. The summed E-state index contributed by atoms with van der Waals surface area (Å²) >= 11 is 3.14. The van der Waals surface area contributed by atoms with Gasteiger partial charge >= 0.3 is 5.69 Å². The standard InChI is InChI=1S/C10H10BrN5O3/c1-6-14-9(19-15-6)2-3-12-10-8(16(17)18)4-7(11)5-13-10/h4-5H,2-3H2,1H3,(H,12,13). The Hall–Kier alpha value is -2.03. The van der Waals surface area contributed by atoms with E-state index in [9.17, 15) is 10.1 Å². The van der Waals surface area contributed by atoms with Gasteiger partial charge in [-0.1, -0.05) is 5.16 Å². The van der Waals surface area contributed by atoms with Crippen molar-refractivity contribution in [2.45, 2.75) is 13.3 Å². The van der Waals surface area contributed by atoms with E-state index in [1.54, 1.807) is 6.92 Å². The average Bonchev–Trinajstić information content (AvgIpc) is 2.77. The second kappa shape index (κ2) is 5.74. The van der Waals surface area contributed by atoms with Crippen molar-refractivity contribution in [1.82, 2.24) is 15.1 Å². The lowest BCUT2D eigenvalue weighted by Crippen LogP contribution is -2.08. The third kappa shape index (κ3) is 3.47. The highest BCUT2D eigenvalue weighted by atomic mass is 79.9. The summed E-state index contributed by atoms with van der Waals surface area (Å²) in [5, 5.41) is 17.4. The van der Waals surface area contributed by atoms with E-state index in [-0.39, 0.29) is 11.5 Å². The van der Waals surface area contributed by atoms with Crippen LogP contribution in [0.4, 0.5) is 11.5 Å². The lowest BCUT2D eigenvalue weighted by atomic mass is 10.3. The van der Waals surface area contributed by atoms with Crippen molar-refractivity contribution in [3.8, 4) is 0 Å². The zero-order valence-corrected chi connectivity index (χ0v) is 11.5. The topological polar surface area (TPSA) is 107 Å². The highest BCUT2D eigenvalue weighted by Crippen LogP contribution is 2.25. The number of hydrogen-bond donors (Lipinski definition) is 1. The second-order valence-corrected chi connectivity index (χ2v) is 4.61. The lowest BCUT2D eigenvalue weighted by molar-refractivity contribution is -0.384. The number of nitrogens with zero attached hydrogens (tertiary/aromatic N) is 4. The fourth-order valence-electron chi connectivity index (χ4n) is 1.43. The smallest absolute Gasteiger partial charge is 0.312 e. The van der Waals surface area contributed by atoms with Crippen LogP contribution in [-0.2, 0) is 6.42 Å². The van der Waals surface area contributed by atoms with Gasteiger partial charge in [-0.05, 0) is 22.9 Å². The molecule has 0 aliphatic heterocycles. The molecule has 0 fully saturated rings. The van der Waals surface area contributed by atoms with Gasteiger partial charge in [-0.3, -0.25) is 10.1 Å². The van der Waals surface area contributed by atoms with E-state index >= 15 is 0 Å². The van der Waals surface area contributed by atoms with Gasteiger partial charge in [0.05, 0.1) is 4.92 Å². The monoisotopic (exact) mass is 327 g/mol. The predicted octanol–water partition coefficient (Wildman–Crippen LogP) is 2.10. The zero-order valence-electron chi connectivity index (χ0n) is 9.96. The van der Waals surface area contributed by atoms with Gasteiger partial charge in [-0.25, -0.2) is 4.98 Å². The normalized spacial score (nSPS) is 10.4. The molecule has 2 aromatic rings. The molecule has 0 aromatic carbocycles. The largest absolute Gasteiger partial charge is 0.364 e. The number of hydrogen-bond acceptors (Lipinski definition) is 7.